The van der Waals surface area contributed by atoms with Crippen molar-refractivity contribution in [2.24, 2.45) is 0 Å². The molecule has 0 radical (unpaired) electrons. The van der Waals surface area contributed by atoms with Crippen LogP contribution in [-0.4, -0.2) is 10.7 Å². The van der Waals surface area contributed by atoms with Crippen LogP contribution in [0.4, 0.5) is 27.6 Å². The molecule has 2 aromatic rings. The minimum absolute atomic E-state index is 0.0688. The maximum absolute atomic E-state index is 13.4. The fourth-order valence-electron chi connectivity index (χ4n) is 1.77. The van der Waals surface area contributed by atoms with Crippen molar-refractivity contribution in [1.29, 1.82) is 0 Å². The molecule has 2 rings (SSSR count). The Morgan fingerprint density at radius 1 is 0.875 bits per heavy atom. The first-order valence-corrected chi connectivity index (χ1v) is 6.22. The number of rotatable bonds is 4. The lowest BCUT2D eigenvalue weighted by molar-refractivity contribution is -0.384. The molecule has 0 unspecified atom stereocenters. The highest BCUT2D eigenvalue weighted by Crippen LogP contribution is 2.24. The molecular formula is C15H6F5NO3. The Bertz CT molecular complexity index is 833. The summed E-state index contributed by atoms with van der Waals surface area (Å²) in [4.78, 5) is 21.6. The van der Waals surface area contributed by atoms with E-state index >= 15 is 0 Å². The minimum Gasteiger partial charge on any atom is -0.289 e. The number of carbonyl (C=O) groups is 1. The predicted molar refractivity (Wildman–Crippen MR) is 72.7 cm³/mol. The molecule has 0 saturated heterocycles. The highest BCUT2D eigenvalue weighted by molar-refractivity contribution is 6.06. The molecule has 0 saturated carbocycles. The third-order valence-electron chi connectivity index (χ3n) is 3.01. The second-order valence-electron chi connectivity index (χ2n) is 4.49. The van der Waals surface area contributed by atoms with Gasteiger partial charge in [-0.2, -0.15) is 0 Å². The van der Waals surface area contributed by atoms with Gasteiger partial charge in [-0.25, -0.2) is 22.0 Å². The van der Waals surface area contributed by atoms with Gasteiger partial charge in [-0.15, -0.1) is 0 Å². The van der Waals surface area contributed by atoms with Crippen molar-refractivity contribution in [3.63, 3.8) is 0 Å². The Kier molecular flexibility index (Phi) is 4.72. The maximum Gasteiger partial charge on any atom is 0.269 e. The molecule has 4 nitrogen and oxygen atoms in total. The van der Waals surface area contributed by atoms with Gasteiger partial charge in [0, 0.05) is 17.7 Å². The van der Waals surface area contributed by atoms with Gasteiger partial charge in [-0.1, -0.05) is 0 Å². The summed E-state index contributed by atoms with van der Waals surface area (Å²) in [5, 5.41) is 10.5. The van der Waals surface area contributed by atoms with E-state index in [4.69, 9.17) is 0 Å². The van der Waals surface area contributed by atoms with Gasteiger partial charge in [0.1, 0.15) is 0 Å². The van der Waals surface area contributed by atoms with Crippen molar-refractivity contribution >= 4 is 17.5 Å². The third-order valence-corrected chi connectivity index (χ3v) is 3.01. The van der Waals surface area contributed by atoms with Crippen molar-refractivity contribution in [1.82, 2.24) is 0 Å². The molecule has 124 valence electrons. The number of benzene rings is 2. The van der Waals surface area contributed by atoms with E-state index in [-0.39, 0.29) is 11.3 Å². The van der Waals surface area contributed by atoms with Gasteiger partial charge in [-0.05, 0) is 24.3 Å². The summed E-state index contributed by atoms with van der Waals surface area (Å²) in [5.41, 5.74) is -1.61. The standard InChI is InChI=1S/C15H6F5NO3/c16-11-9(12(17)14(19)15(20)13(11)18)5-6-10(22)7-1-3-8(4-2-7)21(23)24/h1-6H. The van der Waals surface area contributed by atoms with Crippen molar-refractivity contribution in [3.8, 4) is 0 Å². The topological polar surface area (TPSA) is 60.2 Å². The Morgan fingerprint density at radius 2 is 1.33 bits per heavy atom. The maximum atomic E-state index is 13.4. The number of halogens is 5. The second-order valence-corrected chi connectivity index (χ2v) is 4.49. The van der Waals surface area contributed by atoms with Crippen LogP contribution in [0.15, 0.2) is 30.3 Å². The molecule has 0 spiro atoms. The van der Waals surface area contributed by atoms with Crippen molar-refractivity contribution < 1.29 is 31.7 Å². The fraction of sp³-hybridized carbons (Fsp3) is 0. The van der Waals surface area contributed by atoms with Gasteiger partial charge in [0.05, 0.1) is 10.5 Å². The smallest absolute Gasteiger partial charge is 0.269 e. The normalized spacial score (nSPS) is 11.0. The van der Waals surface area contributed by atoms with Gasteiger partial charge in [0.15, 0.2) is 29.1 Å². The lowest BCUT2D eigenvalue weighted by atomic mass is 10.1. The van der Waals surface area contributed by atoms with E-state index < -0.39 is 45.4 Å². The number of hydrogen-bond donors (Lipinski definition) is 0. The molecule has 0 amide bonds. The molecule has 0 aliphatic carbocycles. The number of carbonyl (C=O) groups excluding carboxylic acids is 1. The Balaban J connectivity index is 2.34. The minimum atomic E-state index is -2.30. The molecular weight excluding hydrogens is 337 g/mol. The van der Waals surface area contributed by atoms with E-state index in [9.17, 15) is 36.9 Å². The van der Waals surface area contributed by atoms with Gasteiger partial charge < -0.3 is 0 Å². The first kappa shape index (κ1) is 17.3. The van der Waals surface area contributed by atoms with E-state index in [0.717, 1.165) is 24.3 Å². The van der Waals surface area contributed by atoms with Gasteiger partial charge in [-0.3, -0.25) is 14.9 Å². The Labute approximate surface area is 131 Å². The zero-order valence-electron chi connectivity index (χ0n) is 11.5. The molecule has 0 fully saturated rings. The summed E-state index contributed by atoms with van der Waals surface area (Å²) in [6.45, 7) is 0. The third kappa shape index (κ3) is 3.14. The Hall–Kier alpha value is -3.10. The number of nitro benzene ring substituents is 1. The molecule has 9 heteroatoms. The van der Waals surface area contributed by atoms with Crippen LogP contribution in [0.3, 0.4) is 0 Å². The largest absolute Gasteiger partial charge is 0.289 e. The predicted octanol–water partition coefficient (Wildman–Crippen LogP) is 4.19. The second kappa shape index (κ2) is 6.57. The summed E-state index contributed by atoms with van der Waals surface area (Å²) >= 11 is 0. The summed E-state index contributed by atoms with van der Waals surface area (Å²) in [7, 11) is 0. The van der Waals surface area contributed by atoms with Crippen molar-refractivity contribution in [2.75, 3.05) is 0 Å². The summed E-state index contributed by atoms with van der Waals surface area (Å²) < 4.78 is 65.8. The van der Waals surface area contributed by atoms with Gasteiger partial charge >= 0.3 is 0 Å². The number of nitro groups is 1. The molecule has 0 bridgehead atoms. The van der Waals surface area contributed by atoms with Crippen LogP contribution in [0.2, 0.25) is 0 Å². The highest BCUT2D eigenvalue weighted by atomic mass is 19.2. The van der Waals surface area contributed by atoms with Crippen LogP contribution in [-0.2, 0) is 0 Å². The van der Waals surface area contributed by atoms with Crippen LogP contribution >= 0.6 is 0 Å². The molecule has 0 aliphatic rings. The number of ketones is 1. The zero-order chi connectivity index (χ0) is 18.0. The first-order valence-electron chi connectivity index (χ1n) is 6.22. The molecule has 0 N–H and O–H groups in total. The molecule has 24 heavy (non-hydrogen) atoms. The van der Waals surface area contributed by atoms with Gasteiger partial charge in [0.25, 0.3) is 5.69 Å². The number of hydrogen-bond acceptors (Lipinski definition) is 3. The quantitative estimate of drug-likeness (QED) is 0.159. The number of allylic oxidation sites excluding steroid dienone is 1. The number of nitrogens with zero attached hydrogens (tertiary/aromatic N) is 1. The van der Waals surface area contributed by atoms with E-state index in [1.807, 2.05) is 0 Å². The van der Waals surface area contributed by atoms with Crippen LogP contribution in [0.25, 0.3) is 6.08 Å². The highest BCUT2D eigenvalue weighted by Gasteiger charge is 2.24. The zero-order valence-corrected chi connectivity index (χ0v) is 11.5. The summed E-state index contributed by atoms with van der Waals surface area (Å²) in [6, 6.07) is 4.23. The average Bonchev–Trinajstić information content (AvgIpc) is 2.58. The van der Waals surface area contributed by atoms with Crippen LogP contribution in [0, 0.1) is 39.2 Å². The molecule has 2 aromatic carbocycles. The van der Waals surface area contributed by atoms with Crippen molar-refractivity contribution in [2.45, 2.75) is 0 Å². The summed E-state index contributed by atoms with van der Waals surface area (Å²) in [5.74, 6) is -11.5. The fourth-order valence-corrected chi connectivity index (χ4v) is 1.77. The SMILES string of the molecule is O=C(C=Cc1c(F)c(F)c(F)c(F)c1F)c1ccc([N+](=O)[O-])cc1. The van der Waals surface area contributed by atoms with E-state index in [2.05, 4.69) is 0 Å². The lowest BCUT2D eigenvalue weighted by Crippen LogP contribution is -2.04. The first-order chi connectivity index (χ1) is 11.2. The van der Waals surface area contributed by atoms with Crippen LogP contribution in [0.1, 0.15) is 15.9 Å². The van der Waals surface area contributed by atoms with E-state index in [1.54, 1.807) is 0 Å². The van der Waals surface area contributed by atoms with Gasteiger partial charge in [0.2, 0.25) is 5.82 Å². The Morgan fingerprint density at radius 3 is 1.79 bits per heavy atom. The monoisotopic (exact) mass is 343 g/mol. The average molecular weight is 343 g/mol. The molecule has 0 aliphatic heterocycles. The van der Waals surface area contributed by atoms with E-state index in [0.29, 0.717) is 12.2 Å². The molecule has 0 heterocycles. The summed E-state index contributed by atoms with van der Waals surface area (Å²) in [6.07, 6.45) is 1.04. The van der Waals surface area contributed by atoms with Crippen LogP contribution in [0.5, 0.6) is 0 Å². The molecule has 0 aromatic heterocycles. The van der Waals surface area contributed by atoms with E-state index in [1.165, 1.54) is 0 Å². The van der Waals surface area contributed by atoms with Crippen molar-refractivity contribution in [3.05, 3.63) is 80.7 Å². The molecule has 0 atom stereocenters. The number of non-ortho nitro benzene ring substituents is 1. The van der Waals surface area contributed by atoms with Crippen LogP contribution < -0.4 is 0 Å². The lowest BCUT2D eigenvalue weighted by Gasteiger charge is -2.04.